The smallest absolute Gasteiger partial charge is 0.306 e. The Morgan fingerprint density at radius 3 is 2.44 bits per heavy atom. The maximum Gasteiger partial charge on any atom is 0.306 e. The summed E-state index contributed by atoms with van der Waals surface area (Å²) < 4.78 is 30.8. The van der Waals surface area contributed by atoms with Crippen molar-refractivity contribution in [3.05, 3.63) is 24.3 Å². The Balaban J connectivity index is 2.65. The first kappa shape index (κ1) is 14.5. The van der Waals surface area contributed by atoms with Gasteiger partial charge >= 0.3 is 5.97 Å². The fourth-order valence-corrected chi connectivity index (χ4v) is 2.29. The maximum absolute atomic E-state index is 11.6. The summed E-state index contributed by atoms with van der Waals surface area (Å²) >= 11 is 0. The molecule has 0 atom stereocenters. The third-order valence-electron chi connectivity index (χ3n) is 2.05. The van der Waals surface area contributed by atoms with Crippen molar-refractivity contribution in [1.82, 2.24) is 4.72 Å². The van der Waals surface area contributed by atoms with E-state index < -0.39 is 16.0 Å². The van der Waals surface area contributed by atoms with Gasteiger partial charge in [0.2, 0.25) is 10.0 Å². The molecule has 0 saturated carbocycles. The molecule has 0 fully saturated rings. The monoisotopic (exact) mass is 273 g/mol. The topological polar surface area (TPSA) is 92.7 Å². The van der Waals surface area contributed by atoms with E-state index in [1.807, 2.05) is 0 Å². The Labute approximate surface area is 106 Å². The molecular formula is C11H15NO5S. The SMILES string of the molecule is CCNS(=O)(=O)c1ccc(OCCC(=O)O)cc1. The van der Waals surface area contributed by atoms with Crippen LogP contribution in [0.4, 0.5) is 0 Å². The average Bonchev–Trinajstić information content (AvgIpc) is 2.29. The van der Waals surface area contributed by atoms with Crippen molar-refractivity contribution in [3.63, 3.8) is 0 Å². The summed E-state index contributed by atoms with van der Waals surface area (Å²) in [4.78, 5) is 10.4. The van der Waals surface area contributed by atoms with Gasteiger partial charge in [-0.15, -0.1) is 0 Å². The predicted molar refractivity (Wildman–Crippen MR) is 65.1 cm³/mol. The van der Waals surface area contributed by atoms with E-state index in [-0.39, 0.29) is 17.9 Å². The molecule has 100 valence electrons. The minimum atomic E-state index is -3.46. The van der Waals surface area contributed by atoms with Crippen LogP contribution in [0.15, 0.2) is 29.2 Å². The van der Waals surface area contributed by atoms with E-state index in [9.17, 15) is 13.2 Å². The lowest BCUT2D eigenvalue weighted by molar-refractivity contribution is -0.137. The number of benzene rings is 1. The fourth-order valence-electron chi connectivity index (χ4n) is 1.24. The van der Waals surface area contributed by atoms with Gasteiger partial charge in [-0.25, -0.2) is 13.1 Å². The zero-order chi connectivity index (χ0) is 13.6. The van der Waals surface area contributed by atoms with Gasteiger partial charge in [0, 0.05) is 6.54 Å². The quantitative estimate of drug-likeness (QED) is 0.768. The van der Waals surface area contributed by atoms with Crippen molar-refractivity contribution in [2.45, 2.75) is 18.2 Å². The molecule has 18 heavy (non-hydrogen) atoms. The van der Waals surface area contributed by atoms with Gasteiger partial charge in [-0.3, -0.25) is 4.79 Å². The number of rotatable bonds is 7. The predicted octanol–water partition coefficient (Wildman–Crippen LogP) is 0.838. The normalized spacial score (nSPS) is 11.2. The van der Waals surface area contributed by atoms with Gasteiger partial charge in [-0.1, -0.05) is 6.92 Å². The van der Waals surface area contributed by atoms with Gasteiger partial charge in [-0.05, 0) is 24.3 Å². The molecule has 0 radical (unpaired) electrons. The lowest BCUT2D eigenvalue weighted by Crippen LogP contribution is -2.22. The lowest BCUT2D eigenvalue weighted by atomic mass is 10.3. The van der Waals surface area contributed by atoms with E-state index in [1.54, 1.807) is 6.92 Å². The van der Waals surface area contributed by atoms with Gasteiger partial charge in [0.15, 0.2) is 0 Å². The average molecular weight is 273 g/mol. The second kappa shape index (κ2) is 6.36. The number of sulfonamides is 1. The highest BCUT2D eigenvalue weighted by atomic mass is 32.2. The number of nitrogens with one attached hydrogen (secondary N) is 1. The molecule has 6 nitrogen and oxygen atoms in total. The number of hydrogen-bond donors (Lipinski definition) is 2. The summed E-state index contributed by atoms with van der Waals surface area (Å²) in [6.45, 7) is 2.06. The van der Waals surface area contributed by atoms with Crippen molar-refractivity contribution in [2.24, 2.45) is 0 Å². The van der Waals surface area contributed by atoms with Crippen LogP contribution in [0.2, 0.25) is 0 Å². The summed E-state index contributed by atoms with van der Waals surface area (Å²) in [7, 11) is -3.46. The van der Waals surface area contributed by atoms with Crippen LogP contribution in [0.3, 0.4) is 0 Å². The van der Waals surface area contributed by atoms with Crippen LogP contribution >= 0.6 is 0 Å². The third kappa shape index (κ3) is 4.34. The highest BCUT2D eigenvalue weighted by Gasteiger charge is 2.11. The first-order valence-electron chi connectivity index (χ1n) is 5.40. The summed E-state index contributed by atoms with van der Waals surface area (Å²) in [5.74, 6) is -0.506. The molecule has 7 heteroatoms. The first-order chi connectivity index (χ1) is 8.45. The number of carboxylic acid groups (broad SMARTS) is 1. The van der Waals surface area contributed by atoms with Crippen LogP contribution < -0.4 is 9.46 Å². The van der Waals surface area contributed by atoms with Crippen molar-refractivity contribution in [1.29, 1.82) is 0 Å². The Bertz CT molecular complexity index is 495. The zero-order valence-electron chi connectivity index (χ0n) is 9.92. The molecule has 0 aliphatic rings. The third-order valence-corrected chi connectivity index (χ3v) is 3.61. The number of carboxylic acids is 1. The van der Waals surface area contributed by atoms with E-state index in [1.165, 1.54) is 24.3 Å². The van der Waals surface area contributed by atoms with E-state index in [0.29, 0.717) is 12.3 Å². The minimum absolute atomic E-state index is 0.0502. The van der Waals surface area contributed by atoms with E-state index >= 15 is 0 Å². The Kier molecular flexibility index (Phi) is 5.11. The van der Waals surface area contributed by atoms with Crippen LogP contribution in [-0.2, 0) is 14.8 Å². The van der Waals surface area contributed by atoms with Crippen molar-refractivity contribution in [2.75, 3.05) is 13.2 Å². The van der Waals surface area contributed by atoms with Gasteiger partial charge in [0.1, 0.15) is 5.75 Å². The molecule has 0 unspecified atom stereocenters. The molecule has 1 aromatic rings. The fraction of sp³-hybridized carbons (Fsp3) is 0.364. The lowest BCUT2D eigenvalue weighted by Gasteiger charge is -2.07. The highest BCUT2D eigenvalue weighted by Crippen LogP contribution is 2.15. The molecule has 0 saturated heterocycles. The minimum Gasteiger partial charge on any atom is -0.493 e. The van der Waals surface area contributed by atoms with Gasteiger partial charge < -0.3 is 9.84 Å². The van der Waals surface area contributed by atoms with Gasteiger partial charge in [0.05, 0.1) is 17.9 Å². The molecule has 0 aliphatic carbocycles. The number of ether oxygens (including phenoxy) is 1. The molecule has 0 amide bonds. The number of aliphatic carboxylic acids is 1. The molecule has 0 spiro atoms. The van der Waals surface area contributed by atoms with Crippen molar-refractivity contribution in [3.8, 4) is 5.75 Å². The maximum atomic E-state index is 11.6. The van der Waals surface area contributed by atoms with Gasteiger partial charge in [-0.2, -0.15) is 0 Å². The molecule has 0 heterocycles. The number of hydrogen-bond acceptors (Lipinski definition) is 4. The Morgan fingerprint density at radius 2 is 1.94 bits per heavy atom. The molecule has 0 aliphatic heterocycles. The molecule has 0 bridgehead atoms. The van der Waals surface area contributed by atoms with E-state index in [0.717, 1.165) is 0 Å². The second-order valence-electron chi connectivity index (χ2n) is 3.46. The molecule has 0 aromatic heterocycles. The van der Waals surface area contributed by atoms with E-state index in [2.05, 4.69) is 4.72 Å². The summed E-state index contributed by atoms with van der Waals surface area (Å²) in [6.07, 6.45) is -0.0998. The molecule has 1 aromatic carbocycles. The van der Waals surface area contributed by atoms with Gasteiger partial charge in [0.25, 0.3) is 0 Å². The summed E-state index contributed by atoms with van der Waals surface area (Å²) in [5.41, 5.74) is 0. The van der Waals surface area contributed by atoms with Crippen LogP contribution in [0.5, 0.6) is 5.75 Å². The molecule has 2 N–H and O–H groups in total. The van der Waals surface area contributed by atoms with Crippen LogP contribution in [0.25, 0.3) is 0 Å². The highest BCUT2D eigenvalue weighted by molar-refractivity contribution is 7.89. The first-order valence-corrected chi connectivity index (χ1v) is 6.88. The second-order valence-corrected chi connectivity index (χ2v) is 5.23. The Morgan fingerprint density at radius 1 is 1.33 bits per heavy atom. The number of carbonyl (C=O) groups is 1. The molecule has 1 rings (SSSR count). The van der Waals surface area contributed by atoms with Crippen molar-refractivity contribution >= 4 is 16.0 Å². The Hall–Kier alpha value is -1.60. The summed E-state index contributed by atoms with van der Waals surface area (Å²) in [5, 5.41) is 8.43. The largest absolute Gasteiger partial charge is 0.493 e. The van der Waals surface area contributed by atoms with Crippen LogP contribution in [0, 0.1) is 0 Å². The standard InChI is InChI=1S/C11H15NO5S/c1-2-12-18(15,16)10-5-3-9(4-6-10)17-8-7-11(13)14/h3-6,12H,2,7-8H2,1H3,(H,13,14). The van der Waals surface area contributed by atoms with E-state index in [4.69, 9.17) is 9.84 Å². The summed E-state index contributed by atoms with van der Waals surface area (Å²) in [6, 6.07) is 5.81. The molecular weight excluding hydrogens is 258 g/mol. The van der Waals surface area contributed by atoms with Crippen molar-refractivity contribution < 1.29 is 23.1 Å². The van der Waals surface area contributed by atoms with Crippen LogP contribution in [0.1, 0.15) is 13.3 Å². The van der Waals surface area contributed by atoms with Crippen LogP contribution in [-0.4, -0.2) is 32.6 Å². The zero-order valence-corrected chi connectivity index (χ0v) is 10.7.